The second-order valence-electron chi connectivity index (χ2n) is 3.94. The molecule has 1 aliphatic rings. The first-order valence-electron chi connectivity index (χ1n) is 5.43. The molecule has 2 N–H and O–H groups in total. The molecule has 1 aromatic rings. The summed E-state index contributed by atoms with van der Waals surface area (Å²) in [7, 11) is 0. The number of rotatable bonds is 2. The summed E-state index contributed by atoms with van der Waals surface area (Å²) in [5.41, 5.74) is 1.57. The molecule has 0 radical (unpaired) electrons. The van der Waals surface area contributed by atoms with Crippen LogP contribution >= 0.6 is 0 Å². The Morgan fingerprint density at radius 3 is 2.79 bits per heavy atom. The minimum Gasteiger partial charge on any atom is -0.478 e. The zero-order valence-corrected chi connectivity index (χ0v) is 9.62. The lowest BCUT2D eigenvalue weighted by Crippen LogP contribution is -2.24. The van der Waals surface area contributed by atoms with Crippen LogP contribution in [0.4, 0.5) is 13.2 Å². The van der Waals surface area contributed by atoms with Gasteiger partial charge in [-0.05, 0) is 30.2 Å². The van der Waals surface area contributed by atoms with Crippen LogP contribution in [0.2, 0.25) is 0 Å². The van der Waals surface area contributed by atoms with E-state index in [9.17, 15) is 18.0 Å². The SMILES string of the molecule is O=C(O)/C=C1/NCCc2cc(OC(F)(F)F)ccc21. The summed E-state index contributed by atoms with van der Waals surface area (Å²) < 4.78 is 40.1. The Labute approximate surface area is 106 Å². The van der Waals surface area contributed by atoms with E-state index in [0.717, 1.165) is 12.1 Å². The Bertz CT molecular complexity index is 538. The van der Waals surface area contributed by atoms with Crippen molar-refractivity contribution < 1.29 is 27.8 Å². The summed E-state index contributed by atoms with van der Waals surface area (Å²) in [5, 5.41) is 11.6. The molecule has 2 rings (SSSR count). The molecule has 0 bridgehead atoms. The quantitative estimate of drug-likeness (QED) is 0.811. The van der Waals surface area contributed by atoms with Crippen molar-refractivity contribution in [3.63, 3.8) is 0 Å². The fourth-order valence-electron chi connectivity index (χ4n) is 1.92. The van der Waals surface area contributed by atoms with Crippen molar-refractivity contribution in [1.29, 1.82) is 0 Å². The molecular formula is C12H10F3NO3. The van der Waals surface area contributed by atoms with Gasteiger partial charge in [0, 0.05) is 23.9 Å². The molecule has 7 heteroatoms. The summed E-state index contributed by atoms with van der Waals surface area (Å²) in [5.74, 6) is -1.42. The van der Waals surface area contributed by atoms with Crippen LogP contribution in [0.1, 0.15) is 11.1 Å². The maximum atomic E-state index is 12.1. The average molecular weight is 273 g/mol. The second kappa shape index (κ2) is 4.83. The number of aliphatic carboxylic acids is 1. The highest BCUT2D eigenvalue weighted by molar-refractivity contribution is 5.90. The van der Waals surface area contributed by atoms with Crippen LogP contribution in [0.3, 0.4) is 0 Å². The number of carbonyl (C=O) groups is 1. The number of hydrogen-bond acceptors (Lipinski definition) is 3. The minimum atomic E-state index is -4.74. The number of fused-ring (bicyclic) bond motifs is 1. The van der Waals surface area contributed by atoms with Gasteiger partial charge in [0.25, 0.3) is 0 Å². The highest BCUT2D eigenvalue weighted by Crippen LogP contribution is 2.29. The Morgan fingerprint density at radius 2 is 2.16 bits per heavy atom. The summed E-state index contributed by atoms with van der Waals surface area (Å²) in [6, 6.07) is 3.85. The third-order valence-electron chi connectivity index (χ3n) is 2.58. The summed E-state index contributed by atoms with van der Waals surface area (Å²) in [6.07, 6.45) is -3.25. The number of carboxylic acids is 1. The molecule has 0 unspecified atom stereocenters. The maximum Gasteiger partial charge on any atom is 0.573 e. The number of hydrogen-bond donors (Lipinski definition) is 2. The van der Waals surface area contributed by atoms with E-state index < -0.39 is 12.3 Å². The molecular weight excluding hydrogens is 263 g/mol. The molecule has 0 atom stereocenters. The molecule has 0 saturated heterocycles. The lowest BCUT2D eigenvalue weighted by atomic mass is 9.97. The van der Waals surface area contributed by atoms with Crippen molar-refractivity contribution in [1.82, 2.24) is 5.32 Å². The fourth-order valence-corrected chi connectivity index (χ4v) is 1.92. The number of alkyl halides is 3. The lowest BCUT2D eigenvalue weighted by Gasteiger charge is -2.21. The molecule has 1 heterocycles. The highest BCUT2D eigenvalue weighted by atomic mass is 19.4. The molecule has 0 aromatic heterocycles. The van der Waals surface area contributed by atoms with Crippen molar-refractivity contribution in [2.75, 3.05) is 6.54 Å². The molecule has 0 aliphatic carbocycles. The van der Waals surface area contributed by atoms with E-state index in [-0.39, 0.29) is 5.75 Å². The van der Waals surface area contributed by atoms with Crippen LogP contribution < -0.4 is 10.1 Å². The smallest absolute Gasteiger partial charge is 0.478 e. The zero-order valence-electron chi connectivity index (χ0n) is 9.62. The first-order valence-corrected chi connectivity index (χ1v) is 5.43. The predicted octanol–water partition coefficient (Wildman–Crippen LogP) is 2.16. The predicted molar refractivity (Wildman–Crippen MR) is 60.4 cm³/mol. The van der Waals surface area contributed by atoms with Crippen LogP contribution in [0.15, 0.2) is 24.3 Å². The van der Waals surface area contributed by atoms with E-state index in [4.69, 9.17) is 5.11 Å². The van der Waals surface area contributed by atoms with Gasteiger partial charge in [0.15, 0.2) is 0 Å². The first-order chi connectivity index (χ1) is 8.85. The molecule has 1 aliphatic heterocycles. The van der Waals surface area contributed by atoms with E-state index in [2.05, 4.69) is 10.1 Å². The molecule has 102 valence electrons. The Morgan fingerprint density at radius 1 is 1.42 bits per heavy atom. The van der Waals surface area contributed by atoms with Gasteiger partial charge in [-0.25, -0.2) is 4.79 Å². The highest BCUT2D eigenvalue weighted by Gasteiger charge is 2.31. The van der Waals surface area contributed by atoms with Gasteiger partial charge in [-0.1, -0.05) is 0 Å². The number of carboxylic acid groups (broad SMARTS) is 1. The Hall–Kier alpha value is -2.18. The van der Waals surface area contributed by atoms with E-state index >= 15 is 0 Å². The number of benzene rings is 1. The fraction of sp³-hybridized carbons (Fsp3) is 0.250. The summed E-state index contributed by atoms with van der Waals surface area (Å²) in [6.45, 7) is 0.460. The Kier molecular flexibility index (Phi) is 3.37. The third-order valence-corrected chi connectivity index (χ3v) is 2.58. The molecule has 19 heavy (non-hydrogen) atoms. The van der Waals surface area contributed by atoms with E-state index in [1.54, 1.807) is 0 Å². The largest absolute Gasteiger partial charge is 0.573 e. The van der Waals surface area contributed by atoms with Gasteiger partial charge in [0.1, 0.15) is 5.75 Å². The van der Waals surface area contributed by atoms with Crippen LogP contribution in [-0.2, 0) is 11.2 Å². The molecule has 0 fully saturated rings. The average Bonchev–Trinajstić information content (AvgIpc) is 2.26. The zero-order chi connectivity index (χ0) is 14.0. The number of nitrogens with one attached hydrogen (secondary N) is 1. The van der Waals surface area contributed by atoms with Gasteiger partial charge >= 0.3 is 12.3 Å². The number of ether oxygens (including phenoxy) is 1. The first kappa shape index (κ1) is 13.3. The number of halogens is 3. The van der Waals surface area contributed by atoms with Gasteiger partial charge in [0.2, 0.25) is 0 Å². The van der Waals surface area contributed by atoms with Crippen molar-refractivity contribution in [3.8, 4) is 5.75 Å². The van der Waals surface area contributed by atoms with Crippen molar-refractivity contribution >= 4 is 11.7 Å². The van der Waals surface area contributed by atoms with Gasteiger partial charge in [-0.15, -0.1) is 13.2 Å². The molecule has 0 amide bonds. The normalized spacial score (nSPS) is 16.7. The van der Waals surface area contributed by atoms with Crippen LogP contribution in [0.5, 0.6) is 5.75 Å². The standard InChI is InChI=1S/C12H10F3NO3/c13-12(14,15)19-8-1-2-9-7(5-8)3-4-16-10(9)6-11(17)18/h1-2,5-6,16H,3-4H2,(H,17,18)/b10-6+. The van der Waals surface area contributed by atoms with Gasteiger partial charge in [0.05, 0.1) is 0 Å². The topological polar surface area (TPSA) is 58.6 Å². The summed E-state index contributed by atoms with van der Waals surface area (Å²) >= 11 is 0. The van der Waals surface area contributed by atoms with Crippen molar-refractivity contribution in [3.05, 3.63) is 35.4 Å². The molecule has 4 nitrogen and oxygen atoms in total. The monoisotopic (exact) mass is 273 g/mol. The molecule has 0 spiro atoms. The van der Waals surface area contributed by atoms with Crippen molar-refractivity contribution in [2.45, 2.75) is 12.8 Å². The molecule has 0 saturated carbocycles. The van der Waals surface area contributed by atoms with Gasteiger partial charge in [-0.3, -0.25) is 0 Å². The molecule has 1 aromatic carbocycles. The summed E-state index contributed by atoms with van der Waals surface area (Å²) in [4.78, 5) is 10.6. The lowest BCUT2D eigenvalue weighted by molar-refractivity contribution is -0.274. The van der Waals surface area contributed by atoms with Crippen molar-refractivity contribution in [2.24, 2.45) is 0 Å². The van der Waals surface area contributed by atoms with E-state index in [1.165, 1.54) is 12.1 Å². The third kappa shape index (κ3) is 3.40. The van der Waals surface area contributed by atoms with E-state index in [0.29, 0.717) is 29.8 Å². The van der Waals surface area contributed by atoms with E-state index in [1.807, 2.05) is 0 Å². The maximum absolute atomic E-state index is 12.1. The van der Waals surface area contributed by atoms with Gasteiger partial charge in [-0.2, -0.15) is 0 Å². The van der Waals surface area contributed by atoms with Crippen LogP contribution in [0.25, 0.3) is 5.70 Å². The minimum absolute atomic E-state index is 0.303. The van der Waals surface area contributed by atoms with Crippen LogP contribution in [-0.4, -0.2) is 24.0 Å². The Balaban J connectivity index is 2.33. The van der Waals surface area contributed by atoms with Crippen LogP contribution in [0, 0.1) is 0 Å². The second-order valence-corrected chi connectivity index (χ2v) is 3.94. The van der Waals surface area contributed by atoms with Gasteiger partial charge < -0.3 is 15.2 Å².